The van der Waals surface area contributed by atoms with E-state index in [2.05, 4.69) is 23.0 Å². The molecule has 3 N–H and O–H groups in total. The van der Waals surface area contributed by atoms with Crippen molar-refractivity contribution in [2.24, 2.45) is 11.7 Å². The number of likely N-dealkylation sites (N-methyl/N-ethyl adjacent to an activating group) is 1. The van der Waals surface area contributed by atoms with Gasteiger partial charge in [-0.25, -0.2) is 0 Å². The highest BCUT2D eigenvalue weighted by Gasteiger charge is 2.08. The largest absolute Gasteiger partial charge is 0.387 e. The standard InChI is InChI=1S/C12H20N4/c1-10(12(13)14)9-16(2)7-5-11-4-3-6-15-8-11/h3-4,6,8,10H,5,7,9H2,1-2H3,(H3,13,14). The Morgan fingerprint density at radius 1 is 1.62 bits per heavy atom. The van der Waals surface area contributed by atoms with Gasteiger partial charge in [-0.05, 0) is 25.1 Å². The van der Waals surface area contributed by atoms with Gasteiger partial charge < -0.3 is 10.6 Å². The molecule has 0 amide bonds. The van der Waals surface area contributed by atoms with Gasteiger partial charge in [0.05, 0.1) is 5.84 Å². The number of amidine groups is 1. The molecule has 0 radical (unpaired) electrons. The van der Waals surface area contributed by atoms with Crippen molar-refractivity contribution in [1.29, 1.82) is 5.41 Å². The molecule has 1 rings (SSSR count). The Labute approximate surface area is 97.0 Å². The molecule has 0 saturated carbocycles. The average molecular weight is 220 g/mol. The predicted octanol–water partition coefficient (Wildman–Crippen LogP) is 1.13. The molecule has 0 fully saturated rings. The lowest BCUT2D eigenvalue weighted by molar-refractivity contribution is 0.317. The Morgan fingerprint density at radius 2 is 2.38 bits per heavy atom. The van der Waals surface area contributed by atoms with Gasteiger partial charge in [0.15, 0.2) is 0 Å². The molecule has 0 aliphatic heterocycles. The highest BCUT2D eigenvalue weighted by Crippen LogP contribution is 2.01. The first-order valence-electron chi connectivity index (χ1n) is 5.51. The van der Waals surface area contributed by atoms with Gasteiger partial charge in [-0.15, -0.1) is 0 Å². The van der Waals surface area contributed by atoms with Crippen molar-refractivity contribution in [3.05, 3.63) is 30.1 Å². The molecule has 0 aliphatic carbocycles. The van der Waals surface area contributed by atoms with E-state index in [1.54, 1.807) is 6.20 Å². The van der Waals surface area contributed by atoms with E-state index in [9.17, 15) is 0 Å². The lowest BCUT2D eigenvalue weighted by Crippen LogP contribution is -2.33. The molecule has 1 aromatic rings. The minimum Gasteiger partial charge on any atom is -0.387 e. The molecule has 0 bridgehead atoms. The SMILES string of the molecule is CC(CN(C)CCc1cccnc1)C(=N)N. The van der Waals surface area contributed by atoms with E-state index < -0.39 is 0 Å². The van der Waals surface area contributed by atoms with Gasteiger partial charge in [0.25, 0.3) is 0 Å². The minimum atomic E-state index is 0.124. The first-order chi connectivity index (χ1) is 7.59. The van der Waals surface area contributed by atoms with Crippen LogP contribution >= 0.6 is 0 Å². The first kappa shape index (κ1) is 12.6. The third-order valence-electron chi connectivity index (χ3n) is 2.62. The van der Waals surface area contributed by atoms with Crippen molar-refractivity contribution in [1.82, 2.24) is 9.88 Å². The van der Waals surface area contributed by atoms with Crippen molar-refractivity contribution in [2.75, 3.05) is 20.1 Å². The van der Waals surface area contributed by atoms with E-state index in [1.807, 2.05) is 19.2 Å². The van der Waals surface area contributed by atoms with Crippen molar-refractivity contribution >= 4 is 5.84 Å². The monoisotopic (exact) mass is 220 g/mol. The summed E-state index contributed by atoms with van der Waals surface area (Å²) in [7, 11) is 2.05. The number of hydrogen-bond donors (Lipinski definition) is 2. The first-order valence-corrected chi connectivity index (χ1v) is 5.51. The third kappa shape index (κ3) is 4.40. The number of aromatic nitrogens is 1. The zero-order valence-electron chi connectivity index (χ0n) is 9.98. The van der Waals surface area contributed by atoms with Crippen LogP contribution in [0, 0.1) is 11.3 Å². The highest BCUT2D eigenvalue weighted by molar-refractivity contribution is 5.79. The fourth-order valence-electron chi connectivity index (χ4n) is 1.52. The molecule has 0 aliphatic rings. The summed E-state index contributed by atoms with van der Waals surface area (Å²) < 4.78 is 0. The van der Waals surface area contributed by atoms with Crippen LogP contribution in [-0.4, -0.2) is 35.9 Å². The number of nitrogens with two attached hydrogens (primary N) is 1. The topological polar surface area (TPSA) is 66.0 Å². The fourth-order valence-corrected chi connectivity index (χ4v) is 1.52. The van der Waals surface area contributed by atoms with E-state index in [-0.39, 0.29) is 11.8 Å². The fraction of sp³-hybridized carbons (Fsp3) is 0.500. The molecular formula is C12H20N4. The maximum Gasteiger partial charge on any atom is 0.0947 e. The summed E-state index contributed by atoms with van der Waals surface area (Å²) in [4.78, 5) is 6.27. The number of nitrogens with one attached hydrogen (secondary N) is 1. The van der Waals surface area contributed by atoms with Crippen molar-refractivity contribution in [2.45, 2.75) is 13.3 Å². The zero-order valence-corrected chi connectivity index (χ0v) is 9.98. The van der Waals surface area contributed by atoms with Crippen LogP contribution in [0.2, 0.25) is 0 Å². The van der Waals surface area contributed by atoms with Crippen LogP contribution in [0.15, 0.2) is 24.5 Å². The number of pyridine rings is 1. The van der Waals surface area contributed by atoms with Gasteiger partial charge in [0.2, 0.25) is 0 Å². The van der Waals surface area contributed by atoms with Gasteiger partial charge in [0, 0.05) is 31.4 Å². The van der Waals surface area contributed by atoms with Gasteiger partial charge in [-0.1, -0.05) is 13.0 Å². The van der Waals surface area contributed by atoms with E-state index in [4.69, 9.17) is 11.1 Å². The van der Waals surface area contributed by atoms with Crippen molar-refractivity contribution in [3.8, 4) is 0 Å². The van der Waals surface area contributed by atoms with Gasteiger partial charge in [0.1, 0.15) is 0 Å². The molecule has 1 atom stereocenters. The second kappa shape index (κ2) is 6.23. The Balaban J connectivity index is 2.30. The van der Waals surface area contributed by atoms with Gasteiger partial charge >= 0.3 is 0 Å². The predicted molar refractivity (Wildman–Crippen MR) is 66.5 cm³/mol. The van der Waals surface area contributed by atoms with E-state index in [0.29, 0.717) is 0 Å². The summed E-state index contributed by atoms with van der Waals surface area (Å²) in [5, 5.41) is 7.33. The van der Waals surface area contributed by atoms with Crippen molar-refractivity contribution in [3.63, 3.8) is 0 Å². The lowest BCUT2D eigenvalue weighted by Gasteiger charge is -2.20. The minimum absolute atomic E-state index is 0.124. The van der Waals surface area contributed by atoms with E-state index in [0.717, 1.165) is 19.5 Å². The second-order valence-electron chi connectivity index (χ2n) is 4.23. The number of hydrogen-bond acceptors (Lipinski definition) is 3. The molecule has 0 saturated heterocycles. The number of nitrogens with zero attached hydrogens (tertiary/aromatic N) is 2. The molecule has 0 aromatic carbocycles. The molecule has 0 spiro atoms. The van der Waals surface area contributed by atoms with Crippen molar-refractivity contribution < 1.29 is 0 Å². The van der Waals surface area contributed by atoms with Crippen LogP contribution in [-0.2, 0) is 6.42 Å². The maximum atomic E-state index is 7.33. The van der Waals surface area contributed by atoms with E-state index >= 15 is 0 Å². The normalized spacial score (nSPS) is 12.7. The Bertz CT molecular complexity index is 323. The molecule has 4 nitrogen and oxygen atoms in total. The quantitative estimate of drug-likeness (QED) is 0.558. The van der Waals surface area contributed by atoms with Gasteiger partial charge in [-0.2, -0.15) is 0 Å². The summed E-state index contributed by atoms with van der Waals surface area (Å²) in [6.45, 7) is 3.77. The number of rotatable bonds is 6. The average Bonchev–Trinajstić information content (AvgIpc) is 2.27. The summed E-state index contributed by atoms with van der Waals surface area (Å²) in [5.74, 6) is 0.382. The maximum absolute atomic E-state index is 7.33. The molecule has 1 unspecified atom stereocenters. The Kier molecular flexibility index (Phi) is 4.92. The summed E-state index contributed by atoms with van der Waals surface area (Å²) in [6, 6.07) is 4.03. The van der Waals surface area contributed by atoms with Crippen LogP contribution in [0.1, 0.15) is 12.5 Å². The third-order valence-corrected chi connectivity index (χ3v) is 2.62. The summed E-state index contributed by atoms with van der Waals surface area (Å²) in [5.41, 5.74) is 6.68. The molecule has 88 valence electrons. The van der Waals surface area contributed by atoms with Gasteiger partial charge in [-0.3, -0.25) is 10.4 Å². The summed E-state index contributed by atoms with van der Waals surface area (Å²) >= 11 is 0. The van der Waals surface area contributed by atoms with Crippen LogP contribution in [0.5, 0.6) is 0 Å². The molecule has 1 aromatic heterocycles. The van der Waals surface area contributed by atoms with Crippen LogP contribution in [0.3, 0.4) is 0 Å². The second-order valence-corrected chi connectivity index (χ2v) is 4.23. The van der Waals surface area contributed by atoms with Crippen LogP contribution in [0.4, 0.5) is 0 Å². The lowest BCUT2D eigenvalue weighted by atomic mass is 10.1. The Hall–Kier alpha value is -1.42. The Morgan fingerprint density at radius 3 is 2.94 bits per heavy atom. The molecule has 4 heteroatoms. The molecular weight excluding hydrogens is 200 g/mol. The highest BCUT2D eigenvalue weighted by atomic mass is 15.1. The summed E-state index contributed by atoms with van der Waals surface area (Å²) in [6.07, 6.45) is 4.66. The smallest absolute Gasteiger partial charge is 0.0947 e. The molecule has 16 heavy (non-hydrogen) atoms. The van der Waals surface area contributed by atoms with Crippen LogP contribution < -0.4 is 5.73 Å². The van der Waals surface area contributed by atoms with E-state index in [1.165, 1.54) is 5.56 Å². The van der Waals surface area contributed by atoms with Crippen LogP contribution in [0.25, 0.3) is 0 Å². The zero-order chi connectivity index (χ0) is 12.0. The molecule has 1 heterocycles.